The fourth-order valence-electron chi connectivity index (χ4n) is 3.68. The number of nitrogens with one attached hydrogen (secondary N) is 1. The number of carbonyl (C=O) groups excluding carboxylic acids is 1. The van der Waals surface area contributed by atoms with Gasteiger partial charge >= 0.3 is 0 Å². The number of amides is 1. The first kappa shape index (κ1) is 25.6. The number of carbonyl (C=O) groups is 1. The highest BCUT2D eigenvalue weighted by Crippen LogP contribution is 2.35. The molecule has 6 nitrogen and oxygen atoms in total. The molecule has 0 saturated heterocycles. The normalized spacial score (nSPS) is 12.3. The van der Waals surface area contributed by atoms with Crippen LogP contribution in [0.3, 0.4) is 0 Å². The van der Waals surface area contributed by atoms with Gasteiger partial charge in [-0.1, -0.05) is 74.0 Å². The van der Waals surface area contributed by atoms with E-state index in [1.165, 1.54) is 25.3 Å². The molecular formula is C26H29ClN2O4S. The lowest BCUT2D eigenvalue weighted by atomic mass is 9.97. The van der Waals surface area contributed by atoms with Gasteiger partial charge in [-0.2, -0.15) is 0 Å². The summed E-state index contributed by atoms with van der Waals surface area (Å²) in [5.74, 6) is 0.178. The van der Waals surface area contributed by atoms with Gasteiger partial charge in [-0.15, -0.1) is 0 Å². The van der Waals surface area contributed by atoms with Crippen LogP contribution in [-0.2, 0) is 14.8 Å². The van der Waals surface area contributed by atoms with Crippen LogP contribution in [0.5, 0.6) is 5.75 Å². The van der Waals surface area contributed by atoms with E-state index in [2.05, 4.69) is 19.2 Å². The average molecular weight is 501 g/mol. The summed E-state index contributed by atoms with van der Waals surface area (Å²) in [6.07, 6.45) is 0.710. The molecule has 0 saturated carbocycles. The van der Waals surface area contributed by atoms with Crippen molar-refractivity contribution in [3.8, 4) is 5.75 Å². The summed E-state index contributed by atoms with van der Waals surface area (Å²) in [5.41, 5.74) is 1.15. The van der Waals surface area contributed by atoms with Crippen LogP contribution in [0.15, 0.2) is 83.8 Å². The summed E-state index contributed by atoms with van der Waals surface area (Å²) in [4.78, 5) is 13.3. The van der Waals surface area contributed by atoms with Crippen LogP contribution in [0.25, 0.3) is 0 Å². The number of halogens is 1. The van der Waals surface area contributed by atoms with Crippen LogP contribution in [-0.4, -0.2) is 28.0 Å². The van der Waals surface area contributed by atoms with E-state index in [0.29, 0.717) is 23.1 Å². The minimum Gasteiger partial charge on any atom is -0.495 e. The molecule has 0 heterocycles. The van der Waals surface area contributed by atoms with Crippen LogP contribution >= 0.6 is 11.6 Å². The molecule has 1 amide bonds. The number of sulfonamides is 1. The Morgan fingerprint density at radius 3 is 2.21 bits per heavy atom. The fraction of sp³-hybridized carbons (Fsp3) is 0.269. The third-order valence-corrected chi connectivity index (χ3v) is 7.28. The van der Waals surface area contributed by atoms with Crippen molar-refractivity contribution in [2.24, 2.45) is 5.92 Å². The Kier molecular flexibility index (Phi) is 8.58. The molecular weight excluding hydrogens is 472 g/mol. The van der Waals surface area contributed by atoms with Crippen molar-refractivity contribution >= 4 is 33.2 Å². The summed E-state index contributed by atoms with van der Waals surface area (Å²) in [6.45, 7) is 3.71. The van der Waals surface area contributed by atoms with Gasteiger partial charge in [0.2, 0.25) is 5.91 Å². The summed E-state index contributed by atoms with van der Waals surface area (Å²) in [7, 11) is -2.65. The number of methoxy groups -OCH3 is 1. The van der Waals surface area contributed by atoms with Crippen LogP contribution in [0, 0.1) is 5.92 Å². The first-order valence-electron chi connectivity index (χ1n) is 11.0. The summed E-state index contributed by atoms with van der Waals surface area (Å²) >= 11 is 6.19. The fourth-order valence-corrected chi connectivity index (χ4v) is 5.29. The lowest BCUT2D eigenvalue weighted by Crippen LogP contribution is -2.42. The van der Waals surface area contributed by atoms with Gasteiger partial charge in [0.1, 0.15) is 12.3 Å². The van der Waals surface area contributed by atoms with E-state index >= 15 is 0 Å². The van der Waals surface area contributed by atoms with Gasteiger partial charge in [-0.05, 0) is 48.2 Å². The zero-order valence-electron chi connectivity index (χ0n) is 19.4. The van der Waals surface area contributed by atoms with Crippen LogP contribution in [0.2, 0.25) is 5.02 Å². The van der Waals surface area contributed by atoms with Gasteiger partial charge in [-0.3, -0.25) is 9.10 Å². The molecule has 3 aromatic carbocycles. The Morgan fingerprint density at radius 2 is 1.62 bits per heavy atom. The predicted octanol–water partition coefficient (Wildman–Crippen LogP) is 5.45. The van der Waals surface area contributed by atoms with Gasteiger partial charge in [0, 0.05) is 5.02 Å². The number of anilines is 1. The molecule has 1 atom stereocenters. The molecule has 0 spiro atoms. The Bertz CT molecular complexity index is 1200. The van der Waals surface area contributed by atoms with Gasteiger partial charge in [-0.25, -0.2) is 8.42 Å². The van der Waals surface area contributed by atoms with E-state index in [1.807, 2.05) is 30.3 Å². The van der Waals surface area contributed by atoms with E-state index in [0.717, 1.165) is 9.87 Å². The Balaban J connectivity index is 1.99. The van der Waals surface area contributed by atoms with E-state index in [9.17, 15) is 13.2 Å². The first-order valence-corrected chi connectivity index (χ1v) is 12.8. The smallest absolute Gasteiger partial charge is 0.264 e. The molecule has 0 aliphatic carbocycles. The van der Waals surface area contributed by atoms with Gasteiger partial charge in [0.05, 0.1) is 23.7 Å². The van der Waals surface area contributed by atoms with E-state index in [-0.39, 0.29) is 16.6 Å². The molecule has 0 bridgehead atoms. The highest BCUT2D eigenvalue weighted by atomic mass is 35.5. The molecule has 0 fully saturated rings. The highest BCUT2D eigenvalue weighted by molar-refractivity contribution is 7.92. The molecule has 0 aliphatic heterocycles. The molecule has 0 unspecified atom stereocenters. The van der Waals surface area contributed by atoms with E-state index in [4.69, 9.17) is 16.3 Å². The van der Waals surface area contributed by atoms with Gasteiger partial charge < -0.3 is 10.1 Å². The third kappa shape index (κ3) is 6.30. The van der Waals surface area contributed by atoms with Gasteiger partial charge in [0.25, 0.3) is 10.0 Å². The Labute approximate surface area is 206 Å². The molecule has 0 aliphatic rings. The van der Waals surface area contributed by atoms with Crippen molar-refractivity contribution in [3.05, 3.63) is 89.4 Å². The number of benzene rings is 3. The average Bonchev–Trinajstić information content (AvgIpc) is 2.83. The predicted molar refractivity (Wildman–Crippen MR) is 136 cm³/mol. The second-order valence-electron chi connectivity index (χ2n) is 8.30. The van der Waals surface area contributed by atoms with Crippen molar-refractivity contribution in [1.29, 1.82) is 0 Å². The number of hydrogen-bond donors (Lipinski definition) is 1. The molecule has 8 heteroatoms. The minimum atomic E-state index is -4.09. The molecule has 3 aromatic rings. The molecule has 0 radical (unpaired) electrons. The second kappa shape index (κ2) is 11.4. The lowest BCUT2D eigenvalue weighted by molar-refractivity contribution is -0.120. The second-order valence-corrected chi connectivity index (χ2v) is 10.6. The number of rotatable bonds is 10. The van der Waals surface area contributed by atoms with Crippen molar-refractivity contribution in [3.63, 3.8) is 0 Å². The summed E-state index contributed by atoms with van der Waals surface area (Å²) in [6, 6.07) is 22.0. The third-order valence-electron chi connectivity index (χ3n) is 5.27. The highest BCUT2D eigenvalue weighted by Gasteiger charge is 2.30. The number of nitrogens with zero attached hydrogens (tertiary/aromatic N) is 1. The Morgan fingerprint density at radius 1 is 1.00 bits per heavy atom. The zero-order valence-corrected chi connectivity index (χ0v) is 21.0. The standard InChI is InChI=1S/C26H29ClN2O4S/c1-19(2)16-23(20-10-6-4-7-11-20)28-26(30)18-29(24-17-21(27)14-15-25(24)33-3)34(31,32)22-12-8-5-9-13-22/h4-15,17,19,23H,16,18H2,1-3H3,(H,28,30)/t23-/m1/s1. The zero-order chi connectivity index (χ0) is 24.7. The maximum atomic E-state index is 13.6. The number of hydrogen-bond acceptors (Lipinski definition) is 4. The first-order chi connectivity index (χ1) is 16.2. The molecule has 1 N–H and O–H groups in total. The lowest BCUT2D eigenvalue weighted by Gasteiger charge is -2.27. The molecule has 3 rings (SSSR count). The Hall–Kier alpha value is -3.03. The van der Waals surface area contributed by atoms with Crippen LogP contribution < -0.4 is 14.4 Å². The molecule has 0 aromatic heterocycles. The summed E-state index contributed by atoms with van der Waals surface area (Å²) < 4.78 is 33.7. The maximum Gasteiger partial charge on any atom is 0.264 e. The van der Waals surface area contributed by atoms with E-state index < -0.39 is 22.5 Å². The molecule has 180 valence electrons. The van der Waals surface area contributed by atoms with Gasteiger partial charge in [0.15, 0.2) is 0 Å². The quantitative estimate of drug-likeness (QED) is 0.401. The molecule has 34 heavy (non-hydrogen) atoms. The van der Waals surface area contributed by atoms with Crippen molar-refractivity contribution in [2.45, 2.75) is 31.2 Å². The maximum absolute atomic E-state index is 13.6. The number of ether oxygens (including phenoxy) is 1. The van der Waals surface area contributed by atoms with Crippen molar-refractivity contribution in [2.75, 3.05) is 18.0 Å². The SMILES string of the molecule is COc1ccc(Cl)cc1N(CC(=O)N[C@H](CC(C)C)c1ccccc1)S(=O)(=O)c1ccccc1. The monoisotopic (exact) mass is 500 g/mol. The van der Waals surface area contributed by atoms with E-state index in [1.54, 1.807) is 30.3 Å². The largest absolute Gasteiger partial charge is 0.495 e. The summed E-state index contributed by atoms with van der Waals surface area (Å²) in [5, 5.41) is 3.35. The van der Waals surface area contributed by atoms with Crippen LogP contribution in [0.1, 0.15) is 31.9 Å². The van der Waals surface area contributed by atoms with Crippen molar-refractivity contribution < 1.29 is 17.9 Å². The van der Waals surface area contributed by atoms with Crippen molar-refractivity contribution in [1.82, 2.24) is 5.32 Å². The topological polar surface area (TPSA) is 75.7 Å². The minimum absolute atomic E-state index is 0.0617. The van der Waals surface area contributed by atoms with Crippen LogP contribution in [0.4, 0.5) is 5.69 Å².